The molecule has 4 nitrogen and oxygen atoms in total. The number of nitrogens with zero attached hydrogens (tertiary/aromatic N) is 2. The molecule has 6 heteroatoms. The molecule has 266 valence electrons. The van der Waals surface area contributed by atoms with E-state index in [9.17, 15) is 0 Å². The second-order valence-electron chi connectivity index (χ2n) is 16.3. The van der Waals surface area contributed by atoms with Crippen molar-refractivity contribution in [3.8, 4) is 22.6 Å². The van der Waals surface area contributed by atoms with Crippen molar-refractivity contribution < 1.29 is 9.47 Å². The lowest BCUT2D eigenvalue weighted by Gasteiger charge is -2.48. The largest absolute Gasteiger partial charge is 0.486 e. The van der Waals surface area contributed by atoms with E-state index in [1.54, 1.807) is 0 Å². The summed E-state index contributed by atoms with van der Waals surface area (Å²) in [5.41, 5.74) is 15.2. The molecule has 0 saturated carbocycles. The summed E-state index contributed by atoms with van der Waals surface area (Å²) in [6.07, 6.45) is 7.86. The monoisotopic (exact) mass is 706 g/mol. The third-order valence-electron chi connectivity index (χ3n) is 12.0. The lowest BCUT2D eigenvalue weighted by molar-refractivity contribution is 0.172. The van der Waals surface area contributed by atoms with Gasteiger partial charge in [-0.2, -0.15) is 0 Å². The number of ether oxygens (including phenoxy) is 2. The Morgan fingerprint density at radius 2 is 1.63 bits per heavy atom. The van der Waals surface area contributed by atoms with Gasteiger partial charge in [0.15, 0.2) is 11.5 Å². The van der Waals surface area contributed by atoms with Gasteiger partial charge in [-0.05, 0) is 114 Å². The highest BCUT2D eigenvalue weighted by atomic mass is 32.1. The van der Waals surface area contributed by atoms with Crippen LogP contribution >= 0.6 is 12.6 Å². The van der Waals surface area contributed by atoms with E-state index in [4.69, 9.17) is 22.1 Å². The second kappa shape index (κ2) is 13.3. The fourth-order valence-electron chi connectivity index (χ4n) is 8.94. The Balaban J connectivity index is 1.51. The lowest BCUT2D eigenvalue weighted by Crippen LogP contribution is -2.58. The number of hydrogen-bond donors (Lipinski definition) is 1. The van der Waals surface area contributed by atoms with Crippen molar-refractivity contribution >= 4 is 53.0 Å². The van der Waals surface area contributed by atoms with Crippen LogP contribution in [0.4, 0.5) is 22.7 Å². The summed E-state index contributed by atoms with van der Waals surface area (Å²) in [7, 11) is 0. The van der Waals surface area contributed by atoms with Gasteiger partial charge in [-0.15, -0.1) is 12.6 Å². The van der Waals surface area contributed by atoms with Crippen molar-refractivity contribution in [3.05, 3.63) is 118 Å². The van der Waals surface area contributed by atoms with Crippen molar-refractivity contribution in [3.63, 3.8) is 0 Å². The van der Waals surface area contributed by atoms with E-state index in [1.807, 2.05) is 0 Å². The molecule has 2 unspecified atom stereocenters. The maximum Gasteiger partial charge on any atom is 0.246 e. The molecule has 4 aliphatic rings. The Morgan fingerprint density at radius 3 is 2.35 bits per heavy atom. The van der Waals surface area contributed by atoms with Crippen molar-refractivity contribution in [1.82, 2.24) is 0 Å². The summed E-state index contributed by atoms with van der Waals surface area (Å²) < 4.78 is 12.7. The molecule has 3 aliphatic heterocycles. The molecule has 0 radical (unpaired) electrons. The van der Waals surface area contributed by atoms with Gasteiger partial charge in [-0.25, -0.2) is 0 Å². The highest BCUT2D eigenvalue weighted by molar-refractivity contribution is 7.84. The Bertz CT molecular complexity index is 2150. The third-order valence-corrected chi connectivity index (χ3v) is 12.4. The summed E-state index contributed by atoms with van der Waals surface area (Å²) in [5.74, 6) is 2.39. The molecule has 0 bridgehead atoms. The van der Waals surface area contributed by atoms with Crippen LogP contribution in [-0.2, 0) is 5.41 Å². The molecule has 3 atom stereocenters. The Labute approximate surface area is 316 Å². The molecule has 8 rings (SSSR count). The van der Waals surface area contributed by atoms with Crippen molar-refractivity contribution in [2.24, 2.45) is 11.8 Å². The second-order valence-corrected chi connectivity index (χ2v) is 16.8. The maximum absolute atomic E-state index is 6.36. The molecule has 0 saturated heterocycles. The van der Waals surface area contributed by atoms with Gasteiger partial charge >= 0.3 is 0 Å². The predicted molar refractivity (Wildman–Crippen MR) is 225 cm³/mol. The van der Waals surface area contributed by atoms with Crippen LogP contribution in [0.2, 0.25) is 0 Å². The third kappa shape index (κ3) is 5.78. The summed E-state index contributed by atoms with van der Waals surface area (Å²) in [6.45, 7) is 20.5. The topological polar surface area (TPSA) is 24.9 Å². The summed E-state index contributed by atoms with van der Waals surface area (Å²) in [5, 5.41) is 0. The fourth-order valence-corrected chi connectivity index (χ4v) is 9.34. The first-order valence-electron chi connectivity index (χ1n) is 19.0. The molecular weight excluding hydrogens is 655 g/mol. The number of benzene rings is 4. The average Bonchev–Trinajstić information content (AvgIpc) is 3.13. The minimum absolute atomic E-state index is 0.00693. The first-order chi connectivity index (χ1) is 25.0. The highest BCUT2D eigenvalue weighted by Gasteiger charge is 2.46. The van der Waals surface area contributed by atoms with Gasteiger partial charge in [0.25, 0.3) is 0 Å². The van der Waals surface area contributed by atoms with Gasteiger partial charge in [0.2, 0.25) is 6.71 Å². The van der Waals surface area contributed by atoms with E-state index in [0.29, 0.717) is 25.0 Å². The van der Waals surface area contributed by atoms with Gasteiger partial charge in [-0.3, -0.25) is 0 Å². The smallest absolute Gasteiger partial charge is 0.246 e. The van der Waals surface area contributed by atoms with E-state index in [0.717, 1.165) is 40.7 Å². The van der Waals surface area contributed by atoms with E-state index in [2.05, 4.69) is 156 Å². The quantitative estimate of drug-likeness (QED) is 0.130. The molecule has 52 heavy (non-hydrogen) atoms. The summed E-state index contributed by atoms with van der Waals surface area (Å²) in [4.78, 5) is 6.33. The highest BCUT2D eigenvalue weighted by Crippen LogP contribution is 2.50. The number of hydrogen-bond acceptors (Lipinski definition) is 5. The first-order valence-corrected chi connectivity index (χ1v) is 19.5. The number of aryl methyl sites for hydroxylation is 1. The lowest BCUT2D eigenvalue weighted by atomic mass is 9.31. The standard InChI is InChI=1S/C46H51BN2O2S/c1-9-29(3)31(5)48-27-30(4)34-16-13-17-43(52)44(34)47-36-25-41-42(51-21-20-50-41)26-38(36)49(40-23-28(2)22-39(48)45(40)47)37-19-18-33(46(6,7)8)24-35(37)32-14-11-10-12-15-32/h9-15,17-19,22-26,30-31,34,52H,16,20-21,27H2,1-8H3/b29-9-/t30-,31?,34?/m1/s1. The molecule has 0 N–H and O–H groups in total. The zero-order chi connectivity index (χ0) is 36.5. The van der Waals surface area contributed by atoms with E-state index >= 15 is 0 Å². The molecule has 0 spiro atoms. The number of rotatable bonds is 4. The predicted octanol–water partition coefficient (Wildman–Crippen LogP) is 10.2. The molecule has 0 aromatic heterocycles. The van der Waals surface area contributed by atoms with Gasteiger partial charge in [0.05, 0.1) is 5.69 Å². The van der Waals surface area contributed by atoms with Crippen LogP contribution in [0.1, 0.15) is 66.0 Å². The molecule has 1 aliphatic carbocycles. The molecule has 0 fully saturated rings. The molecule has 4 aromatic rings. The van der Waals surface area contributed by atoms with Crippen LogP contribution in [0.5, 0.6) is 11.5 Å². The normalized spacial score (nSPS) is 20.2. The molecule has 0 amide bonds. The minimum atomic E-state index is -0.00712. The Morgan fingerprint density at radius 1 is 0.923 bits per heavy atom. The number of anilines is 4. The van der Waals surface area contributed by atoms with Crippen molar-refractivity contribution in [1.29, 1.82) is 0 Å². The van der Waals surface area contributed by atoms with Crippen LogP contribution in [-0.4, -0.2) is 32.5 Å². The SMILES string of the molecule is C/C=C(/C)C(C)N1C[C@@H](C)C2CC=CC(S)=C2B2c3cc4c(cc3N(c3ccc(C(C)(C)C)cc3-c3ccccc3)c3cc(C)cc1c32)OCCO4. The van der Waals surface area contributed by atoms with Crippen LogP contribution < -0.4 is 30.2 Å². The number of thiol groups is 1. The van der Waals surface area contributed by atoms with E-state index in [1.165, 1.54) is 55.6 Å². The van der Waals surface area contributed by atoms with Crippen molar-refractivity contribution in [2.45, 2.75) is 73.3 Å². The fraction of sp³-hybridized carbons (Fsp3) is 0.348. The van der Waals surface area contributed by atoms with Crippen LogP contribution in [0, 0.1) is 18.8 Å². The minimum Gasteiger partial charge on any atom is -0.486 e. The van der Waals surface area contributed by atoms with Crippen LogP contribution in [0.25, 0.3) is 11.1 Å². The molecule has 3 heterocycles. The van der Waals surface area contributed by atoms with Gasteiger partial charge in [0, 0.05) is 41.3 Å². The Kier molecular flexibility index (Phi) is 8.89. The van der Waals surface area contributed by atoms with Crippen LogP contribution in [0.15, 0.2) is 107 Å². The zero-order valence-corrected chi connectivity index (χ0v) is 32.9. The van der Waals surface area contributed by atoms with Crippen molar-refractivity contribution in [2.75, 3.05) is 29.6 Å². The first kappa shape index (κ1) is 34.8. The maximum atomic E-state index is 6.36. The zero-order valence-electron chi connectivity index (χ0n) is 32.0. The Hall–Kier alpha value is -4.29. The van der Waals surface area contributed by atoms with E-state index in [-0.39, 0.29) is 18.2 Å². The van der Waals surface area contributed by atoms with Gasteiger partial charge < -0.3 is 19.3 Å². The molecule has 4 aromatic carbocycles. The van der Waals surface area contributed by atoms with Gasteiger partial charge in [0.1, 0.15) is 13.2 Å². The molecular formula is C46H51BN2O2S. The van der Waals surface area contributed by atoms with Gasteiger partial charge in [-0.1, -0.05) is 93.4 Å². The van der Waals surface area contributed by atoms with Crippen LogP contribution in [0.3, 0.4) is 0 Å². The number of allylic oxidation sites excluding steroid dienone is 4. The summed E-state index contributed by atoms with van der Waals surface area (Å²) >= 11 is 5.29. The average molecular weight is 707 g/mol. The number of fused-ring (bicyclic) bond motifs is 5. The summed E-state index contributed by atoms with van der Waals surface area (Å²) in [6, 6.07) is 27.6. The van der Waals surface area contributed by atoms with E-state index < -0.39 is 0 Å².